The lowest BCUT2D eigenvalue weighted by atomic mass is 9.71. The van der Waals surface area contributed by atoms with Crippen LogP contribution in [-0.2, 0) is 0 Å². The van der Waals surface area contributed by atoms with Crippen molar-refractivity contribution in [2.75, 3.05) is 0 Å². The summed E-state index contributed by atoms with van der Waals surface area (Å²) in [6.07, 6.45) is 5.71. The van der Waals surface area contributed by atoms with Crippen molar-refractivity contribution in [2.24, 2.45) is 5.41 Å². The predicted octanol–water partition coefficient (Wildman–Crippen LogP) is 4.71. The lowest BCUT2D eigenvalue weighted by molar-refractivity contribution is 0.0107. The van der Waals surface area contributed by atoms with Crippen LogP contribution in [0, 0.1) is 12.3 Å². The Kier molecular flexibility index (Phi) is 3.62. The third-order valence-electron chi connectivity index (χ3n) is 3.80. The van der Waals surface area contributed by atoms with Gasteiger partial charge < -0.3 is 5.11 Å². The highest BCUT2D eigenvalue weighted by Crippen LogP contribution is 2.47. The number of thiophene rings is 1. The second kappa shape index (κ2) is 4.67. The summed E-state index contributed by atoms with van der Waals surface area (Å²) < 4.78 is 0.813. The predicted molar refractivity (Wildman–Crippen MR) is 70.2 cm³/mol. The van der Waals surface area contributed by atoms with Crippen molar-refractivity contribution in [3.8, 4) is 0 Å². The van der Waals surface area contributed by atoms with E-state index in [9.17, 15) is 5.11 Å². The fourth-order valence-electron chi connectivity index (χ4n) is 2.59. The molecule has 1 saturated carbocycles. The first-order chi connectivity index (χ1) is 7.53. The van der Waals surface area contributed by atoms with Crippen molar-refractivity contribution >= 4 is 22.9 Å². The van der Waals surface area contributed by atoms with E-state index in [0.29, 0.717) is 0 Å². The molecule has 0 spiro atoms. The van der Waals surface area contributed by atoms with Crippen LogP contribution in [0.3, 0.4) is 0 Å². The molecule has 0 aromatic carbocycles. The number of aliphatic hydroxyl groups excluding tert-OH is 1. The summed E-state index contributed by atoms with van der Waals surface area (Å²) in [5.74, 6) is 0. The van der Waals surface area contributed by atoms with E-state index in [0.717, 1.165) is 27.6 Å². The van der Waals surface area contributed by atoms with Crippen molar-refractivity contribution in [3.63, 3.8) is 0 Å². The van der Waals surface area contributed by atoms with Gasteiger partial charge in [-0.25, -0.2) is 0 Å². The number of halogens is 1. The van der Waals surface area contributed by atoms with Crippen molar-refractivity contribution in [3.05, 3.63) is 20.8 Å². The van der Waals surface area contributed by atoms with Gasteiger partial charge in [0.1, 0.15) is 0 Å². The standard InChI is InChI=1S/C13H19ClOS/c1-9-8-10(16-12(9)14)11(15)13(2)6-4-3-5-7-13/h8,11,15H,3-7H2,1-2H3. The second-order valence-corrected chi connectivity index (χ2v) is 6.91. The van der Waals surface area contributed by atoms with Crippen molar-refractivity contribution in [1.29, 1.82) is 0 Å². The molecule has 0 amide bonds. The third kappa shape index (κ3) is 2.29. The van der Waals surface area contributed by atoms with Gasteiger partial charge in [-0.2, -0.15) is 0 Å². The van der Waals surface area contributed by atoms with Gasteiger partial charge in [0.2, 0.25) is 0 Å². The molecule has 1 nitrogen and oxygen atoms in total. The number of hydrogen-bond acceptors (Lipinski definition) is 2. The average Bonchev–Trinajstić information content (AvgIpc) is 2.59. The van der Waals surface area contributed by atoms with Gasteiger partial charge in [0.25, 0.3) is 0 Å². The molecule has 1 heterocycles. The molecule has 90 valence electrons. The largest absolute Gasteiger partial charge is 0.387 e. The molecule has 1 aromatic rings. The minimum Gasteiger partial charge on any atom is -0.387 e. The molecule has 1 aliphatic rings. The van der Waals surface area contributed by atoms with E-state index < -0.39 is 0 Å². The summed E-state index contributed by atoms with van der Waals surface area (Å²) in [5.41, 5.74) is 1.14. The van der Waals surface area contributed by atoms with E-state index in [2.05, 4.69) is 6.92 Å². The summed E-state index contributed by atoms with van der Waals surface area (Å²) in [6, 6.07) is 2.04. The van der Waals surface area contributed by atoms with Crippen LogP contribution in [0.15, 0.2) is 6.07 Å². The highest BCUT2D eigenvalue weighted by Gasteiger charge is 2.36. The Hall–Kier alpha value is -0.0500. The quantitative estimate of drug-likeness (QED) is 0.814. The van der Waals surface area contributed by atoms with Crippen molar-refractivity contribution < 1.29 is 5.11 Å². The molecule has 1 N–H and O–H groups in total. The maximum atomic E-state index is 10.5. The highest BCUT2D eigenvalue weighted by atomic mass is 35.5. The Balaban J connectivity index is 2.20. The zero-order valence-corrected chi connectivity index (χ0v) is 11.5. The van der Waals surface area contributed by atoms with Crippen molar-refractivity contribution in [1.82, 2.24) is 0 Å². The summed E-state index contributed by atoms with van der Waals surface area (Å²) in [6.45, 7) is 4.21. The second-order valence-electron chi connectivity index (χ2n) is 5.22. The van der Waals surface area contributed by atoms with Crippen LogP contribution in [0.4, 0.5) is 0 Å². The van der Waals surface area contributed by atoms with E-state index in [1.165, 1.54) is 30.6 Å². The summed E-state index contributed by atoms with van der Waals surface area (Å²) in [4.78, 5) is 1.03. The molecule has 2 rings (SSSR count). The molecular formula is C13H19ClOS. The van der Waals surface area contributed by atoms with E-state index >= 15 is 0 Å². The Bertz CT molecular complexity index is 347. The van der Waals surface area contributed by atoms with Crippen LogP contribution in [0.5, 0.6) is 0 Å². The maximum absolute atomic E-state index is 10.5. The first-order valence-corrected chi connectivity index (χ1v) is 7.16. The highest BCUT2D eigenvalue weighted by molar-refractivity contribution is 7.16. The van der Waals surface area contributed by atoms with Gasteiger partial charge in [0.05, 0.1) is 10.4 Å². The number of rotatable bonds is 2. The SMILES string of the molecule is Cc1cc(C(O)C2(C)CCCCC2)sc1Cl. The Morgan fingerprint density at radius 1 is 1.38 bits per heavy atom. The zero-order valence-electron chi connectivity index (χ0n) is 9.92. The van der Waals surface area contributed by atoms with Crippen LogP contribution in [-0.4, -0.2) is 5.11 Å². The molecule has 1 aromatic heterocycles. The third-order valence-corrected chi connectivity index (χ3v) is 5.41. The fourth-order valence-corrected chi connectivity index (χ4v) is 3.98. The minimum atomic E-state index is -0.344. The molecule has 1 aliphatic carbocycles. The van der Waals surface area contributed by atoms with Gasteiger partial charge in [0, 0.05) is 4.88 Å². The lowest BCUT2D eigenvalue weighted by Crippen LogP contribution is -2.27. The molecule has 16 heavy (non-hydrogen) atoms. The topological polar surface area (TPSA) is 20.2 Å². The summed E-state index contributed by atoms with van der Waals surface area (Å²) in [7, 11) is 0. The number of aliphatic hydroxyl groups is 1. The van der Waals surface area contributed by atoms with Crippen molar-refractivity contribution in [2.45, 2.75) is 52.1 Å². The molecule has 0 bridgehead atoms. The van der Waals surface area contributed by atoms with Crippen LogP contribution in [0.2, 0.25) is 4.34 Å². The average molecular weight is 259 g/mol. The van der Waals surface area contributed by atoms with Crippen LogP contribution >= 0.6 is 22.9 Å². The summed E-state index contributed by atoms with van der Waals surface area (Å²) in [5, 5.41) is 10.5. The molecule has 3 heteroatoms. The van der Waals surface area contributed by atoms with Crippen LogP contribution in [0.25, 0.3) is 0 Å². The Labute approximate surface area is 106 Å². The number of aryl methyl sites for hydroxylation is 1. The van der Waals surface area contributed by atoms with E-state index in [1.54, 1.807) is 0 Å². The fraction of sp³-hybridized carbons (Fsp3) is 0.692. The molecule has 0 aliphatic heterocycles. The molecule has 1 unspecified atom stereocenters. The van der Waals surface area contributed by atoms with Gasteiger partial charge in [-0.3, -0.25) is 0 Å². The molecule has 1 fully saturated rings. The molecule has 0 saturated heterocycles. The monoisotopic (exact) mass is 258 g/mol. The van der Waals surface area contributed by atoms with E-state index in [-0.39, 0.29) is 11.5 Å². The van der Waals surface area contributed by atoms with Gasteiger partial charge in [0.15, 0.2) is 0 Å². The summed E-state index contributed by atoms with van der Waals surface area (Å²) >= 11 is 7.60. The first-order valence-electron chi connectivity index (χ1n) is 5.97. The van der Waals surface area contributed by atoms with Gasteiger partial charge in [-0.1, -0.05) is 37.8 Å². The van der Waals surface area contributed by atoms with Crippen LogP contribution in [0.1, 0.15) is 55.6 Å². The first kappa shape index (κ1) is 12.4. The molecule has 0 radical (unpaired) electrons. The maximum Gasteiger partial charge on any atom is 0.0961 e. The molecular weight excluding hydrogens is 240 g/mol. The van der Waals surface area contributed by atoms with E-state index in [4.69, 9.17) is 11.6 Å². The van der Waals surface area contributed by atoms with Gasteiger partial charge >= 0.3 is 0 Å². The van der Waals surface area contributed by atoms with E-state index in [1.807, 2.05) is 13.0 Å². The van der Waals surface area contributed by atoms with Gasteiger partial charge in [-0.15, -0.1) is 11.3 Å². The van der Waals surface area contributed by atoms with Gasteiger partial charge in [-0.05, 0) is 36.8 Å². The molecule has 1 atom stereocenters. The Morgan fingerprint density at radius 2 is 2.00 bits per heavy atom. The number of hydrogen-bond donors (Lipinski definition) is 1. The lowest BCUT2D eigenvalue weighted by Gasteiger charge is -2.37. The van der Waals surface area contributed by atoms with Crippen LogP contribution < -0.4 is 0 Å². The smallest absolute Gasteiger partial charge is 0.0961 e. The zero-order chi connectivity index (χ0) is 11.8. The Morgan fingerprint density at radius 3 is 2.50 bits per heavy atom. The normalized spacial score (nSPS) is 22.0. The minimum absolute atomic E-state index is 0.0544.